The molecule has 3 heteroatoms. The van der Waals surface area contributed by atoms with Crippen molar-refractivity contribution in [1.82, 2.24) is 0 Å². The first kappa shape index (κ1) is 14.2. The molecule has 0 aliphatic rings. The lowest BCUT2D eigenvalue weighted by atomic mass is 9.96. The van der Waals surface area contributed by atoms with Crippen molar-refractivity contribution >= 4 is 5.97 Å². The van der Waals surface area contributed by atoms with Crippen LogP contribution in [0, 0.1) is 5.92 Å². The highest BCUT2D eigenvalue weighted by molar-refractivity contribution is 5.81. The molecule has 0 aliphatic heterocycles. The fourth-order valence-electron chi connectivity index (χ4n) is 1.50. The zero-order valence-corrected chi connectivity index (χ0v) is 9.74. The Labute approximate surface area is 92.1 Å². The molecule has 0 aromatic carbocycles. The normalized spacial score (nSPS) is 14.3. The SMILES string of the molecule is C=CC(=O)OC(O)CC(CC)CCCC. The Bertz CT molecular complexity index is 189. The van der Waals surface area contributed by atoms with Crippen molar-refractivity contribution < 1.29 is 14.6 Å². The molecule has 0 saturated heterocycles. The van der Waals surface area contributed by atoms with Crippen molar-refractivity contribution in [3.05, 3.63) is 12.7 Å². The Morgan fingerprint density at radius 3 is 2.67 bits per heavy atom. The minimum Gasteiger partial charge on any atom is -0.433 e. The number of hydrogen-bond donors (Lipinski definition) is 1. The topological polar surface area (TPSA) is 46.5 Å². The molecule has 2 atom stereocenters. The molecule has 0 fully saturated rings. The van der Waals surface area contributed by atoms with Gasteiger partial charge in [-0.15, -0.1) is 0 Å². The van der Waals surface area contributed by atoms with Crippen LogP contribution in [0.25, 0.3) is 0 Å². The van der Waals surface area contributed by atoms with Crippen molar-refractivity contribution in [2.75, 3.05) is 0 Å². The number of rotatable bonds is 8. The molecule has 0 saturated carbocycles. The first-order valence-corrected chi connectivity index (χ1v) is 5.65. The number of hydrogen-bond acceptors (Lipinski definition) is 3. The maximum atomic E-state index is 10.8. The maximum Gasteiger partial charge on any atom is 0.332 e. The number of aliphatic hydroxyl groups is 1. The van der Waals surface area contributed by atoms with Crippen LogP contribution in [0.4, 0.5) is 0 Å². The van der Waals surface area contributed by atoms with E-state index in [0.717, 1.165) is 31.8 Å². The molecule has 15 heavy (non-hydrogen) atoms. The van der Waals surface area contributed by atoms with Gasteiger partial charge in [-0.3, -0.25) is 0 Å². The third-order valence-electron chi connectivity index (χ3n) is 2.50. The second-order valence-electron chi connectivity index (χ2n) is 3.75. The third-order valence-corrected chi connectivity index (χ3v) is 2.50. The third kappa shape index (κ3) is 7.14. The summed E-state index contributed by atoms with van der Waals surface area (Å²) in [5, 5.41) is 9.46. The molecule has 0 rings (SSSR count). The summed E-state index contributed by atoms with van der Waals surface area (Å²) in [5.41, 5.74) is 0. The van der Waals surface area contributed by atoms with Gasteiger partial charge in [-0.05, 0) is 5.92 Å². The average Bonchev–Trinajstić information content (AvgIpc) is 2.23. The van der Waals surface area contributed by atoms with E-state index in [0.29, 0.717) is 12.3 Å². The number of aliphatic hydroxyl groups excluding tert-OH is 1. The molecular formula is C12H22O3. The molecule has 0 aliphatic carbocycles. The van der Waals surface area contributed by atoms with Crippen molar-refractivity contribution in [1.29, 1.82) is 0 Å². The van der Waals surface area contributed by atoms with Crippen LogP contribution in [-0.4, -0.2) is 17.4 Å². The molecule has 0 heterocycles. The molecule has 0 aromatic rings. The van der Waals surface area contributed by atoms with Crippen LogP contribution in [0.5, 0.6) is 0 Å². The fraction of sp³-hybridized carbons (Fsp3) is 0.750. The summed E-state index contributed by atoms with van der Waals surface area (Å²) in [7, 11) is 0. The number of unbranched alkanes of at least 4 members (excludes halogenated alkanes) is 1. The van der Waals surface area contributed by atoms with Crippen molar-refractivity contribution in [2.24, 2.45) is 5.92 Å². The van der Waals surface area contributed by atoms with Gasteiger partial charge in [0, 0.05) is 12.5 Å². The lowest BCUT2D eigenvalue weighted by molar-refractivity contribution is -0.164. The van der Waals surface area contributed by atoms with Crippen molar-refractivity contribution in [3.8, 4) is 0 Å². The fourth-order valence-corrected chi connectivity index (χ4v) is 1.50. The average molecular weight is 214 g/mol. The van der Waals surface area contributed by atoms with Crippen LogP contribution in [0.1, 0.15) is 46.0 Å². The molecule has 0 aromatic heterocycles. The summed E-state index contributed by atoms with van der Waals surface area (Å²) in [6.07, 6.45) is 4.99. The second kappa shape index (κ2) is 8.48. The van der Waals surface area contributed by atoms with Crippen LogP contribution in [0.3, 0.4) is 0 Å². The highest BCUT2D eigenvalue weighted by atomic mass is 16.6. The van der Waals surface area contributed by atoms with Gasteiger partial charge in [0.25, 0.3) is 0 Å². The maximum absolute atomic E-state index is 10.8. The van der Waals surface area contributed by atoms with Crippen LogP contribution in [-0.2, 0) is 9.53 Å². The van der Waals surface area contributed by atoms with Gasteiger partial charge in [0.2, 0.25) is 6.29 Å². The molecule has 1 N–H and O–H groups in total. The standard InChI is InChI=1S/C12H22O3/c1-4-7-8-10(5-2)9-12(14)15-11(13)6-3/h6,10,12,14H,3-5,7-9H2,1-2H3. The van der Waals surface area contributed by atoms with Gasteiger partial charge in [0.1, 0.15) is 0 Å². The van der Waals surface area contributed by atoms with Gasteiger partial charge in [-0.25, -0.2) is 4.79 Å². The lowest BCUT2D eigenvalue weighted by Gasteiger charge is -2.18. The lowest BCUT2D eigenvalue weighted by Crippen LogP contribution is -2.19. The van der Waals surface area contributed by atoms with E-state index in [9.17, 15) is 9.90 Å². The van der Waals surface area contributed by atoms with E-state index in [1.807, 2.05) is 0 Å². The summed E-state index contributed by atoms with van der Waals surface area (Å²) in [6.45, 7) is 7.50. The Morgan fingerprint density at radius 2 is 2.20 bits per heavy atom. The highest BCUT2D eigenvalue weighted by Gasteiger charge is 2.14. The van der Waals surface area contributed by atoms with Gasteiger partial charge in [0.05, 0.1) is 0 Å². The summed E-state index contributed by atoms with van der Waals surface area (Å²) in [5.74, 6) is -0.134. The molecule has 2 unspecified atom stereocenters. The number of carbonyl (C=O) groups excluding carboxylic acids is 1. The first-order valence-electron chi connectivity index (χ1n) is 5.65. The van der Waals surface area contributed by atoms with Gasteiger partial charge in [-0.2, -0.15) is 0 Å². The predicted octanol–water partition coefficient (Wildman–Crippen LogP) is 2.64. The smallest absolute Gasteiger partial charge is 0.332 e. The van der Waals surface area contributed by atoms with Gasteiger partial charge >= 0.3 is 5.97 Å². The van der Waals surface area contributed by atoms with E-state index in [4.69, 9.17) is 4.74 Å². The molecule has 0 bridgehead atoms. The van der Waals surface area contributed by atoms with Gasteiger partial charge in [0.15, 0.2) is 0 Å². The monoisotopic (exact) mass is 214 g/mol. The van der Waals surface area contributed by atoms with E-state index >= 15 is 0 Å². The molecule has 0 spiro atoms. The van der Waals surface area contributed by atoms with Crippen LogP contribution in [0.2, 0.25) is 0 Å². The van der Waals surface area contributed by atoms with Crippen LogP contribution >= 0.6 is 0 Å². The van der Waals surface area contributed by atoms with E-state index in [1.54, 1.807) is 0 Å². The number of ether oxygens (including phenoxy) is 1. The number of esters is 1. The number of carbonyl (C=O) groups is 1. The zero-order chi connectivity index (χ0) is 11.7. The van der Waals surface area contributed by atoms with Crippen LogP contribution < -0.4 is 0 Å². The summed E-state index contributed by atoms with van der Waals surface area (Å²) in [6, 6.07) is 0. The summed E-state index contributed by atoms with van der Waals surface area (Å²) < 4.78 is 4.71. The Balaban J connectivity index is 3.83. The van der Waals surface area contributed by atoms with Crippen molar-refractivity contribution in [2.45, 2.75) is 52.2 Å². The largest absolute Gasteiger partial charge is 0.433 e. The highest BCUT2D eigenvalue weighted by Crippen LogP contribution is 2.18. The zero-order valence-electron chi connectivity index (χ0n) is 9.74. The Hall–Kier alpha value is -0.830. The molecular weight excluding hydrogens is 192 g/mol. The van der Waals surface area contributed by atoms with E-state index < -0.39 is 12.3 Å². The molecule has 3 nitrogen and oxygen atoms in total. The molecule has 88 valence electrons. The van der Waals surface area contributed by atoms with E-state index in [-0.39, 0.29) is 0 Å². The second-order valence-corrected chi connectivity index (χ2v) is 3.75. The molecule has 0 amide bonds. The molecule has 0 radical (unpaired) electrons. The minimum atomic E-state index is -0.989. The first-order chi connectivity index (χ1) is 7.13. The minimum absolute atomic E-state index is 0.428. The van der Waals surface area contributed by atoms with Gasteiger partial charge in [-0.1, -0.05) is 46.1 Å². The van der Waals surface area contributed by atoms with Crippen molar-refractivity contribution in [3.63, 3.8) is 0 Å². The Kier molecular flexibility index (Phi) is 8.01. The van der Waals surface area contributed by atoms with E-state index in [2.05, 4.69) is 20.4 Å². The Morgan fingerprint density at radius 1 is 1.53 bits per heavy atom. The van der Waals surface area contributed by atoms with Gasteiger partial charge < -0.3 is 9.84 Å². The van der Waals surface area contributed by atoms with E-state index in [1.165, 1.54) is 0 Å². The summed E-state index contributed by atoms with van der Waals surface area (Å²) >= 11 is 0. The van der Waals surface area contributed by atoms with Crippen LogP contribution in [0.15, 0.2) is 12.7 Å². The quantitative estimate of drug-likeness (QED) is 0.384. The predicted molar refractivity (Wildman–Crippen MR) is 60.2 cm³/mol. The summed E-state index contributed by atoms with van der Waals surface area (Å²) in [4.78, 5) is 10.8.